The molecule has 4 nitrogen and oxygen atoms in total. The summed E-state index contributed by atoms with van der Waals surface area (Å²) in [5.41, 5.74) is 0. The van der Waals surface area contributed by atoms with Crippen LogP contribution in [0.5, 0.6) is 0 Å². The predicted molar refractivity (Wildman–Crippen MR) is 57.5 cm³/mol. The summed E-state index contributed by atoms with van der Waals surface area (Å²) in [7, 11) is 0. The van der Waals surface area contributed by atoms with Crippen molar-refractivity contribution in [2.75, 3.05) is 0 Å². The van der Waals surface area contributed by atoms with Crippen molar-refractivity contribution in [2.45, 2.75) is 58.5 Å². The van der Waals surface area contributed by atoms with Gasteiger partial charge in [-0.05, 0) is 19.8 Å². The van der Waals surface area contributed by atoms with Crippen molar-refractivity contribution in [2.24, 2.45) is 0 Å². The van der Waals surface area contributed by atoms with Crippen molar-refractivity contribution in [1.29, 1.82) is 0 Å². The monoisotopic (exact) mass is 212 g/mol. The Hall–Kier alpha value is -0.900. The van der Waals surface area contributed by atoms with E-state index in [1.165, 1.54) is 12.8 Å². The number of nitrogens with zero attached hydrogens (tertiary/aromatic N) is 2. The average Bonchev–Trinajstić information content (AvgIpc) is 2.68. The lowest BCUT2D eigenvalue weighted by Crippen LogP contribution is -1.99. The largest absolute Gasteiger partial charge is 0.385 e. The van der Waals surface area contributed by atoms with Crippen LogP contribution in [0.4, 0.5) is 0 Å². The van der Waals surface area contributed by atoms with Gasteiger partial charge in [-0.15, -0.1) is 0 Å². The number of rotatable bonds is 6. The summed E-state index contributed by atoms with van der Waals surface area (Å²) in [4.78, 5) is 4.21. The van der Waals surface area contributed by atoms with Gasteiger partial charge in [-0.1, -0.05) is 31.8 Å². The molecule has 1 rings (SSSR count). The smallest absolute Gasteiger partial charge is 0.229 e. The Morgan fingerprint density at radius 1 is 1.40 bits per heavy atom. The summed E-state index contributed by atoms with van der Waals surface area (Å²) in [6.07, 6.45) is 3.78. The Balaban J connectivity index is 2.65. The van der Waals surface area contributed by atoms with E-state index in [1.807, 2.05) is 0 Å². The maximum atomic E-state index is 9.28. The predicted octanol–water partition coefficient (Wildman–Crippen LogP) is 2.81. The molecular formula is C11H20N2O2. The molecule has 0 spiro atoms. The summed E-state index contributed by atoms with van der Waals surface area (Å²) in [5.74, 6) is 1.40. The summed E-state index contributed by atoms with van der Waals surface area (Å²) < 4.78 is 5.15. The van der Waals surface area contributed by atoms with Crippen LogP contribution in [0, 0.1) is 0 Å². The van der Waals surface area contributed by atoms with Gasteiger partial charge in [0.05, 0.1) is 0 Å². The van der Waals surface area contributed by atoms with E-state index < -0.39 is 6.10 Å². The second-order valence-corrected chi connectivity index (χ2v) is 3.91. The maximum absolute atomic E-state index is 9.28. The Kier molecular flexibility index (Phi) is 4.75. The van der Waals surface area contributed by atoms with Crippen LogP contribution < -0.4 is 0 Å². The van der Waals surface area contributed by atoms with Crippen LogP contribution in [0.3, 0.4) is 0 Å². The molecule has 15 heavy (non-hydrogen) atoms. The van der Waals surface area contributed by atoms with Gasteiger partial charge < -0.3 is 9.63 Å². The molecule has 1 aromatic heterocycles. The lowest BCUT2D eigenvalue weighted by Gasteiger charge is -2.08. The minimum atomic E-state index is -0.647. The fourth-order valence-electron chi connectivity index (χ4n) is 1.54. The molecule has 0 fully saturated rings. The van der Waals surface area contributed by atoms with Gasteiger partial charge in [0.25, 0.3) is 0 Å². The highest BCUT2D eigenvalue weighted by molar-refractivity contribution is 4.95. The highest BCUT2D eigenvalue weighted by Gasteiger charge is 2.18. The Morgan fingerprint density at radius 3 is 2.60 bits per heavy atom. The zero-order valence-corrected chi connectivity index (χ0v) is 9.73. The summed E-state index contributed by atoms with van der Waals surface area (Å²) in [6, 6.07) is 0. The van der Waals surface area contributed by atoms with E-state index in [9.17, 15) is 5.11 Å². The molecule has 4 heteroatoms. The van der Waals surface area contributed by atoms with Crippen molar-refractivity contribution in [3.63, 3.8) is 0 Å². The van der Waals surface area contributed by atoms with E-state index in [0.29, 0.717) is 17.6 Å². The van der Waals surface area contributed by atoms with Crippen LogP contribution in [0.25, 0.3) is 0 Å². The average molecular weight is 212 g/mol. The summed E-state index contributed by atoms with van der Waals surface area (Å²) in [5, 5.41) is 13.0. The van der Waals surface area contributed by atoms with Gasteiger partial charge in [-0.2, -0.15) is 4.98 Å². The van der Waals surface area contributed by atoms with E-state index in [0.717, 1.165) is 12.8 Å². The quantitative estimate of drug-likeness (QED) is 0.787. The first kappa shape index (κ1) is 12.2. The molecule has 0 saturated heterocycles. The van der Waals surface area contributed by atoms with E-state index in [4.69, 9.17) is 4.52 Å². The number of unbranched alkanes of at least 4 members (excludes halogenated alkanes) is 1. The maximum Gasteiger partial charge on any atom is 0.229 e. The normalized spacial score (nSPS) is 15.2. The molecule has 86 valence electrons. The Labute approximate surface area is 90.7 Å². The zero-order valence-electron chi connectivity index (χ0n) is 9.73. The van der Waals surface area contributed by atoms with E-state index in [1.54, 1.807) is 6.92 Å². The fourth-order valence-corrected chi connectivity index (χ4v) is 1.54. The van der Waals surface area contributed by atoms with Gasteiger partial charge in [0, 0.05) is 5.92 Å². The van der Waals surface area contributed by atoms with Crippen LogP contribution in [0.2, 0.25) is 0 Å². The third-order valence-electron chi connectivity index (χ3n) is 2.58. The van der Waals surface area contributed by atoms with Crippen molar-refractivity contribution >= 4 is 0 Å². The van der Waals surface area contributed by atoms with Crippen LogP contribution >= 0.6 is 0 Å². The number of hydrogen-bond donors (Lipinski definition) is 1. The molecule has 0 radical (unpaired) electrons. The number of aliphatic hydroxyl groups is 1. The molecule has 0 bridgehead atoms. The van der Waals surface area contributed by atoms with Crippen LogP contribution in [0.15, 0.2) is 4.52 Å². The zero-order chi connectivity index (χ0) is 11.3. The van der Waals surface area contributed by atoms with Crippen LogP contribution in [-0.4, -0.2) is 15.2 Å². The van der Waals surface area contributed by atoms with Crippen molar-refractivity contribution < 1.29 is 9.63 Å². The van der Waals surface area contributed by atoms with Crippen LogP contribution in [-0.2, 0) is 0 Å². The lowest BCUT2D eigenvalue weighted by molar-refractivity contribution is 0.184. The molecule has 0 aromatic carbocycles. The van der Waals surface area contributed by atoms with Crippen LogP contribution in [0.1, 0.15) is 70.2 Å². The summed E-state index contributed by atoms with van der Waals surface area (Å²) in [6.45, 7) is 5.93. The number of aromatic nitrogens is 2. The van der Waals surface area contributed by atoms with E-state index in [-0.39, 0.29) is 0 Å². The molecule has 0 saturated carbocycles. The molecule has 1 N–H and O–H groups in total. The van der Waals surface area contributed by atoms with Gasteiger partial charge in [0.1, 0.15) is 6.10 Å². The minimum absolute atomic E-state index is 0.338. The molecule has 0 aliphatic rings. The molecule has 0 aliphatic carbocycles. The summed E-state index contributed by atoms with van der Waals surface area (Å²) >= 11 is 0. The van der Waals surface area contributed by atoms with Gasteiger partial charge >= 0.3 is 0 Å². The first-order chi connectivity index (χ1) is 7.19. The van der Waals surface area contributed by atoms with Crippen molar-refractivity contribution in [1.82, 2.24) is 10.1 Å². The van der Waals surface area contributed by atoms with Crippen molar-refractivity contribution in [3.8, 4) is 0 Å². The SMILES string of the molecule is CCCCC(CC)c1nc(C(C)O)no1. The molecule has 2 atom stereocenters. The molecule has 0 aliphatic heterocycles. The molecule has 1 heterocycles. The van der Waals surface area contributed by atoms with Gasteiger partial charge in [0.2, 0.25) is 5.89 Å². The standard InChI is InChI=1S/C11H20N2O2/c1-4-6-7-9(5-2)11-12-10(8(3)14)13-15-11/h8-9,14H,4-7H2,1-3H3. The van der Waals surface area contributed by atoms with Crippen molar-refractivity contribution in [3.05, 3.63) is 11.7 Å². The van der Waals surface area contributed by atoms with E-state index >= 15 is 0 Å². The van der Waals surface area contributed by atoms with Gasteiger partial charge in [0.15, 0.2) is 5.82 Å². The second kappa shape index (κ2) is 5.85. The minimum Gasteiger partial charge on any atom is -0.385 e. The fraction of sp³-hybridized carbons (Fsp3) is 0.818. The van der Waals surface area contributed by atoms with E-state index in [2.05, 4.69) is 24.0 Å². The highest BCUT2D eigenvalue weighted by Crippen LogP contribution is 2.24. The third-order valence-corrected chi connectivity index (χ3v) is 2.58. The molecule has 1 aromatic rings. The molecule has 2 unspecified atom stereocenters. The first-order valence-electron chi connectivity index (χ1n) is 5.70. The Morgan fingerprint density at radius 2 is 2.13 bits per heavy atom. The number of hydrogen-bond acceptors (Lipinski definition) is 4. The molecular weight excluding hydrogens is 192 g/mol. The first-order valence-corrected chi connectivity index (χ1v) is 5.70. The topological polar surface area (TPSA) is 59.2 Å². The lowest BCUT2D eigenvalue weighted by atomic mass is 9.99. The van der Waals surface area contributed by atoms with Gasteiger partial charge in [-0.3, -0.25) is 0 Å². The molecule has 0 amide bonds. The van der Waals surface area contributed by atoms with Gasteiger partial charge in [-0.25, -0.2) is 0 Å². The second-order valence-electron chi connectivity index (χ2n) is 3.91. The third kappa shape index (κ3) is 3.30. The number of aliphatic hydroxyl groups excluding tert-OH is 1. The Bertz CT molecular complexity index is 284. The highest BCUT2D eigenvalue weighted by atomic mass is 16.5.